The smallest absolute Gasteiger partial charge is 0.140 e. The molecule has 0 spiro atoms. The molecule has 0 unspecified atom stereocenters. The molecule has 1 saturated heterocycles. The van der Waals surface area contributed by atoms with E-state index in [1.54, 1.807) is 6.20 Å². The molecule has 1 fully saturated rings. The molecule has 0 saturated carbocycles. The third-order valence-corrected chi connectivity index (χ3v) is 3.37. The van der Waals surface area contributed by atoms with Gasteiger partial charge in [0.15, 0.2) is 0 Å². The molecule has 0 N–H and O–H groups in total. The number of nitrogens with zero attached hydrogens (tertiary/aromatic N) is 3. The maximum absolute atomic E-state index is 8.84. The molecule has 0 aliphatic carbocycles. The Bertz CT molecular complexity index is 580. The van der Waals surface area contributed by atoms with Crippen LogP contribution in [-0.2, 0) is 0 Å². The van der Waals surface area contributed by atoms with Crippen LogP contribution in [0.5, 0.6) is 0 Å². The predicted octanol–water partition coefficient (Wildman–Crippen LogP) is 2.56. The monoisotopic (exact) mass is 235 g/mol. The SMILES string of the molecule is N#Cc1cc(C2CN(c3ccccc3)C2)ccn1. The summed E-state index contributed by atoms with van der Waals surface area (Å²) in [5.74, 6) is 0.514. The van der Waals surface area contributed by atoms with E-state index in [4.69, 9.17) is 5.26 Å². The molecular formula is C15H13N3. The van der Waals surface area contributed by atoms with E-state index in [-0.39, 0.29) is 0 Å². The zero-order valence-electron chi connectivity index (χ0n) is 9.95. The van der Waals surface area contributed by atoms with Gasteiger partial charge in [-0.2, -0.15) is 5.26 Å². The van der Waals surface area contributed by atoms with Crippen LogP contribution in [0.1, 0.15) is 17.2 Å². The quantitative estimate of drug-likeness (QED) is 0.803. The normalized spacial score (nSPS) is 14.9. The van der Waals surface area contributed by atoms with Gasteiger partial charge in [-0.15, -0.1) is 0 Å². The van der Waals surface area contributed by atoms with Crippen LogP contribution in [0.3, 0.4) is 0 Å². The second kappa shape index (κ2) is 4.50. The van der Waals surface area contributed by atoms with Crippen molar-refractivity contribution in [2.75, 3.05) is 18.0 Å². The van der Waals surface area contributed by atoms with Gasteiger partial charge < -0.3 is 4.90 Å². The van der Waals surface area contributed by atoms with Gasteiger partial charge in [0.2, 0.25) is 0 Å². The zero-order chi connectivity index (χ0) is 12.4. The van der Waals surface area contributed by atoms with Crippen molar-refractivity contribution in [3.05, 3.63) is 59.9 Å². The van der Waals surface area contributed by atoms with Gasteiger partial charge in [-0.05, 0) is 29.8 Å². The second-order valence-corrected chi connectivity index (χ2v) is 4.52. The van der Waals surface area contributed by atoms with Crippen molar-refractivity contribution in [3.63, 3.8) is 0 Å². The lowest BCUT2D eigenvalue weighted by Crippen LogP contribution is -2.45. The molecule has 3 rings (SSSR count). The van der Waals surface area contributed by atoms with E-state index in [1.165, 1.54) is 11.3 Å². The maximum Gasteiger partial charge on any atom is 0.140 e. The first-order chi connectivity index (χ1) is 8.86. The third kappa shape index (κ3) is 1.93. The van der Waals surface area contributed by atoms with Crippen LogP contribution >= 0.6 is 0 Å². The lowest BCUT2D eigenvalue weighted by molar-refractivity contribution is 0.525. The number of nitriles is 1. The van der Waals surface area contributed by atoms with E-state index in [9.17, 15) is 0 Å². The van der Waals surface area contributed by atoms with Crippen LogP contribution in [0.4, 0.5) is 5.69 Å². The topological polar surface area (TPSA) is 39.9 Å². The van der Waals surface area contributed by atoms with Crippen molar-refractivity contribution in [1.82, 2.24) is 4.98 Å². The van der Waals surface area contributed by atoms with Crippen molar-refractivity contribution in [2.24, 2.45) is 0 Å². The Kier molecular flexibility index (Phi) is 2.70. The summed E-state index contributed by atoms with van der Waals surface area (Å²) >= 11 is 0. The van der Waals surface area contributed by atoms with Crippen LogP contribution in [0.25, 0.3) is 0 Å². The van der Waals surface area contributed by atoms with Gasteiger partial charge in [-0.3, -0.25) is 0 Å². The highest BCUT2D eigenvalue weighted by Gasteiger charge is 2.28. The van der Waals surface area contributed by atoms with Crippen molar-refractivity contribution in [1.29, 1.82) is 5.26 Å². The highest BCUT2D eigenvalue weighted by atomic mass is 15.2. The maximum atomic E-state index is 8.84. The molecule has 0 bridgehead atoms. The Balaban J connectivity index is 1.70. The number of aromatic nitrogens is 1. The van der Waals surface area contributed by atoms with Crippen LogP contribution in [0, 0.1) is 11.3 Å². The largest absolute Gasteiger partial charge is 0.370 e. The number of para-hydroxylation sites is 1. The Morgan fingerprint density at radius 1 is 1.17 bits per heavy atom. The molecule has 1 aromatic heterocycles. The fourth-order valence-corrected chi connectivity index (χ4v) is 2.30. The van der Waals surface area contributed by atoms with E-state index < -0.39 is 0 Å². The van der Waals surface area contributed by atoms with Gasteiger partial charge in [-0.1, -0.05) is 18.2 Å². The minimum atomic E-state index is 0.505. The number of hydrogen-bond acceptors (Lipinski definition) is 3. The summed E-state index contributed by atoms with van der Waals surface area (Å²) in [5, 5.41) is 8.84. The highest BCUT2D eigenvalue weighted by Crippen LogP contribution is 2.31. The summed E-state index contributed by atoms with van der Waals surface area (Å²) in [5.41, 5.74) is 2.99. The van der Waals surface area contributed by atoms with E-state index in [2.05, 4.69) is 40.2 Å². The molecule has 1 aromatic carbocycles. The number of rotatable bonds is 2. The Hall–Kier alpha value is -2.34. The average molecular weight is 235 g/mol. The average Bonchev–Trinajstić information content (AvgIpc) is 2.39. The molecule has 1 aliphatic rings. The number of hydrogen-bond donors (Lipinski definition) is 0. The summed E-state index contributed by atoms with van der Waals surface area (Å²) in [6.45, 7) is 2.03. The summed E-state index contributed by atoms with van der Waals surface area (Å²) in [4.78, 5) is 6.35. The number of anilines is 1. The molecule has 0 radical (unpaired) electrons. The van der Waals surface area contributed by atoms with Crippen molar-refractivity contribution >= 4 is 5.69 Å². The van der Waals surface area contributed by atoms with Crippen molar-refractivity contribution in [2.45, 2.75) is 5.92 Å². The third-order valence-electron chi connectivity index (χ3n) is 3.37. The summed E-state index contributed by atoms with van der Waals surface area (Å²) < 4.78 is 0. The van der Waals surface area contributed by atoms with Gasteiger partial charge in [-0.25, -0.2) is 4.98 Å². The Labute approximate surface area is 106 Å². The molecule has 2 aromatic rings. The standard InChI is InChI=1S/C15H13N3/c16-9-14-8-12(6-7-17-14)13-10-18(11-13)15-4-2-1-3-5-15/h1-8,13H,10-11H2. The number of benzene rings is 1. The van der Waals surface area contributed by atoms with Gasteiger partial charge in [0.05, 0.1) is 0 Å². The van der Waals surface area contributed by atoms with E-state index in [1.807, 2.05) is 18.2 Å². The lowest BCUT2D eigenvalue weighted by Gasteiger charge is -2.41. The minimum Gasteiger partial charge on any atom is -0.370 e. The first-order valence-corrected chi connectivity index (χ1v) is 6.03. The molecule has 18 heavy (non-hydrogen) atoms. The molecule has 3 nitrogen and oxygen atoms in total. The zero-order valence-corrected chi connectivity index (χ0v) is 9.95. The van der Waals surface area contributed by atoms with Crippen LogP contribution in [0.15, 0.2) is 48.7 Å². The van der Waals surface area contributed by atoms with E-state index in [0.717, 1.165) is 13.1 Å². The first-order valence-electron chi connectivity index (χ1n) is 6.03. The lowest BCUT2D eigenvalue weighted by atomic mass is 9.91. The van der Waals surface area contributed by atoms with E-state index in [0.29, 0.717) is 11.6 Å². The fourth-order valence-electron chi connectivity index (χ4n) is 2.30. The molecule has 3 heteroatoms. The van der Waals surface area contributed by atoms with Crippen LogP contribution in [0.2, 0.25) is 0 Å². The molecule has 88 valence electrons. The first kappa shape index (κ1) is 10.8. The predicted molar refractivity (Wildman–Crippen MR) is 70.3 cm³/mol. The summed E-state index contributed by atoms with van der Waals surface area (Å²) in [6, 6.07) is 16.4. The van der Waals surface area contributed by atoms with Gasteiger partial charge >= 0.3 is 0 Å². The van der Waals surface area contributed by atoms with E-state index >= 15 is 0 Å². The van der Waals surface area contributed by atoms with Crippen LogP contribution < -0.4 is 4.90 Å². The summed E-state index contributed by atoms with van der Waals surface area (Å²) in [7, 11) is 0. The molecule has 0 atom stereocenters. The van der Waals surface area contributed by atoms with Gasteiger partial charge in [0, 0.05) is 30.9 Å². The second-order valence-electron chi connectivity index (χ2n) is 4.52. The Morgan fingerprint density at radius 3 is 2.67 bits per heavy atom. The molecule has 1 aliphatic heterocycles. The highest BCUT2D eigenvalue weighted by molar-refractivity contribution is 5.50. The number of pyridine rings is 1. The summed E-state index contributed by atoms with van der Waals surface area (Å²) in [6.07, 6.45) is 1.72. The van der Waals surface area contributed by atoms with Gasteiger partial charge in [0.25, 0.3) is 0 Å². The molecular weight excluding hydrogens is 222 g/mol. The van der Waals surface area contributed by atoms with Crippen molar-refractivity contribution < 1.29 is 0 Å². The van der Waals surface area contributed by atoms with Gasteiger partial charge in [0.1, 0.15) is 11.8 Å². The van der Waals surface area contributed by atoms with Crippen molar-refractivity contribution in [3.8, 4) is 6.07 Å². The minimum absolute atomic E-state index is 0.505. The fraction of sp³-hybridized carbons (Fsp3) is 0.200. The molecule has 2 heterocycles. The van der Waals surface area contributed by atoms with Crippen LogP contribution in [-0.4, -0.2) is 18.1 Å². The Morgan fingerprint density at radius 2 is 1.94 bits per heavy atom. The molecule has 0 amide bonds.